The number of para-hydroxylation sites is 1. The van der Waals surface area contributed by atoms with Crippen LogP contribution in [0.3, 0.4) is 0 Å². The van der Waals surface area contributed by atoms with Crippen molar-refractivity contribution in [1.29, 1.82) is 0 Å². The molecule has 3 nitrogen and oxygen atoms in total. The van der Waals surface area contributed by atoms with Crippen LogP contribution in [-0.2, 0) is 6.54 Å². The molecule has 1 N–H and O–H groups in total. The second-order valence-electron chi connectivity index (χ2n) is 4.33. The summed E-state index contributed by atoms with van der Waals surface area (Å²) in [6.07, 6.45) is 0. The first-order valence-corrected chi connectivity index (χ1v) is 6.56. The minimum absolute atomic E-state index is 0.175. The molecule has 0 heterocycles. The molecule has 0 fully saturated rings. The van der Waals surface area contributed by atoms with Crippen LogP contribution in [0.4, 0.5) is 14.9 Å². The third kappa shape index (κ3) is 3.35. The van der Waals surface area contributed by atoms with Gasteiger partial charge in [-0.05, 0) is 25.1 Å². The summed E-state index contributed by atoms with van der Waals surface area (Å²) in [4.78, 5) is 13.8. The first-order chi connectivity index (χ1) is 9.72. The van der Waals surface area contributed by atoms with Crippen molar-refractivity contribution in [2.75, 3.05) is 11.4 Å². The van der Waals surface area contributed by atoms with E-state index in [1.54, 1.807) is 23.1 Å². The number of hydrogen-bond acceptors (Lipinski definition) is 1. The van der Waals surface area contributed by atoms with E-state index in [0.717, 1.165) is 5.69 Å². The quantitative estimate of drug-likeness (QED) is 0.906. The van der Waals surface area contributed by atoms with E-state index < -0.39 is 0 Å². The second-order valence-corrected chi connectivity index (χ2v) is 4.33. The monoisotopic (exact) mass is 272 g/mol. The Bertz CT molecular complexity index is 572. The lowest BCUT2D eigenvalue weighted by atomic mass is 10.2. The first-order valence-electron chi connectivity index (χ1n) is 6.56. The molecule has 0 unspecified atom stereocenters. The summed E-state index contributed by atoms with van der Waals surface area (Å²) in [6.45, 7) is 2.62. The lowest BCUT2D eigenvalue weighted by molar-refractivity contribution is 0.246. The molecule has 2 amide bonds. The molecule has 4 heteroatoms. The van der Waals surface area contributed by atoms with Gasteiger partial charge in [0.1, 0.15) is 5.82 Å². The molecule has 2 rings (SSSR count). The van der Waals surface area contributed by atoms with Gasteiger partial charge in [-0.25, -0.2) is 9.18 Å². The number of anilines is 1. The van der Waals surface area contributed by atoms with Gasteiger partial charge >= 0.3 is 6.03 Å². The van der Waals surface area contributed by atoms with Crippen molar-refractivity contribution in [3.05, 3.63) is 66.0 Å². The molecule has 104 valence electrons. The number of urea groups is 1. The van der Waals surface area contributed by atoms with Gasteiger partial charge < -0.3 is 5.32 Å². The maximum absolute atomic E-state index is 13.5. The minimum atomic E-state index is -0.310. The van der Waals surface area contributed by atoms with Crippen LogP contribution in [0.2, 0.25) is 0 Å². The standard InChI is InChI=1S/C16H17FN2O/c1-2-19(14-9-4-3-5-10-14)16(20)18-12-13-8-6-7-11-15(13)17/h3-11H,2,12H2,1H3,(H,18,20). The number of benzene rings is 2. The molecule has 2 aromatic rings. The van der Waals surface area contributed by atoms with Crippen LogP contribution in [0.1, 0.15) is 12.5 Å². The van der Waals surface area contributed by atoms with Crippen LogP contribution in [0.15, 0.2) is 54.6 Å². The predicted octanol–water partition coefficient (Wildman–Crippen LogP) is 3.56. The highest BCUT2D eigenvalue weighted by Crippen LogP contribution is 2.13. The zero-order valence-electron chi connectivity index (χ0n) is 11.3. The van der Waals surface area contributed by atoms with Crippen molar-refractivity contribution in [1.82, 2.24) is 5.32 Å². The van der Waals surface area contributed by atoms with Crippen molar-refractivity contribution < 1.29 is 9.18 Å². The van der Waals surface area contributed by atoms with Gasteiger partial charge in [-0.2, -0.15) is 0 Å². The van der Waals surface area contributed by atoms with Crippen molar-refractivity contribution >= 4 is 11.7 Å². The van der Waals surface area contributed by atoms with Crippen LogP contribution in [0.25, 0.3) is 0 Å². The Kier molecular flexibility index (Phi) is 4.71. The molecule has 2 aromatic carbocycles. The predicted molar refractivity (Wildman–Crippen MR) is 78.1 cm³/mol. The van der Waals surface area contributed by atoms with E-state index in [2.05, 4.69) is 5.32 Å². The fraction of sp³-hybridized carbons (Fsp3) is 0.188. The highest BCUT2D eigenvalue weighted by molar-refractivity contribution is 5.91. The summed E-state index contributed by atoms with van der Waals surface area (Å²) in [6, 6.07) is 15.6. The number of hydrogen-bond donors (Lipinski definition) is 1. The Labute approximate surface area is 118 Å². The number of rotatable bonds is 4. The van der Waals surface area contributed by atoms with Crippen molar-refractivity contribution in [3.63, 3.8) is 0 Å². The van der Waals surface area contributed by atoms with Gasteiger partial charge in [0.05, 0.1) is 0 Å². The molecule has 20 heavy (non-hydrogen) atoms. The van der Waals surface area contributed by atoms with E-state index in [1.165, 1.54) is 6.07 Å². The largest absolute Gasteiger partial charge is 0.334 e. The van der Waals surface area contributed by atoms with Crippen molar-refractivity contribution in [2.45, 2.75) is 13.5 Å². The van der Waals surface area contributed by atoms with E-state index in [-0.39, 0.29) is 18.4 Å². The zero-order chi connectivity index (χ0) is 14.4. The molecule has 0 spiro atoms. The average Bonchev–Trinajstić information content (AvgIpc) is 2.48. The summed E-state index contributed by atoms with van der Waals surface area (Å²) in [7, 11) is 0. The third-order valence-corrected chi connectivity index (χ3v) is 3.02. The van der Waals surface area contributed by atoms with E-state index in [1.807, 2.05) is 37.3 Å². The molecule has 0 saturated heterocycles. The van der Waals surface area contributed by atoms with E-state index in [0.29, 0.717) is 12.1 Å². The van der Waals surface area contributed by atoms with Crippen LogP contribution in [0, 0.1) is 5.82 Å². The number of halogens is 1. The Morgan fingerprint density at radius 3 is 2.40 bits per heavy atom. The normalized spacial score (nSPS) is 10.1. The van der Waals surface area contributed by atoms with Gasteiger partial charge in [-0.3, -0.25) is 4.90 Å². The van der Waals surface area contributed by atoms with Gasteiger partial charge in [0.2, 0.25) is 0 Å². The first kappa shape index (κ1) is 14.1. The topological polar surface area (TPSA) is 32.3 Å². The lowest BCUT2D eigenvalue weighted by Gasteiger charge is -2.21. The average molecular weight is 272 g/mol. The maximum atomic E-state index is 13.5. The van der Waals surface area contributed by atoms with Crippen LogP contribution in [0.5, 0.6) is 0 Å². The fourth-order valence-corrected chi connectivity index (χ4v) is 1.96. The second kappa shape index (κ2) is 6.70. The van der Waals surface area contributed by atoms with Gasteiger partial charge in [0, 0.05) is 24.3 Å². The van der Waals surface area contributed by atoms with Crippen LogP contribution in [-0.4, -0.2) is 12.6 Å². The molecule has 0 radical (unpaired) electrons. The third-order valence-electron chi connectivity index (χ3n) is 3.02. The summed E-state index contributed by atoms with van der Waals surface area (Å²) >= 11 is 0. The van der Waals surface area contributed by atoms with E-state index in [4.69, 9.17) is 0 Å². The molecule has 0 atom stereocenters. The highest BCUT2D eigenvalue weighted by Gasteiger charge is 2.13. The number of amides is 2. The molecule has 0 aliphatic heterocycles. The lowest BCUT2D eigenvalue weighted by Crippen LogP contribution is -2.39. The SMILES string of the molecule is CCN(C(=O)NCc1ccccc1F)c1ccccc1. The molecule has 0 aliphatic carbocycles. The van der Waals surface area contributed by atoms with E-state index >= 15 is 0 Å². The Hall–Kier alpha value is -2.36. The smallest absolute Gasteiger partial charge is 0.322 e. The summed E-state index contributed by atoms with van der Waals surface area (Å²) in [5, 5.41) is 2.74. The van der Waals surface area contributed by atoms with E-state index in [9.17, 15) is 9.18 Å². The summed E-state index contributed by atoms with van der Waals surface area (Å²) in [5.74, 6) is -0.310. The molecular formula is C16H17FN2O. The van der Waals surface area contributed by atoms with Crippen LogP contribution < -0.4 is 10.2 Å². The van der Waals surface area contributed by atoms with Gasteiger partial charge in [-0.1, -0.05) is 36.4 Å². The van der Waals surface area contributed by atoms with Gasteiger partial charge in [-0.15, -0.1) is 0 Å². The van der Waals surface area contributed by atoms with Crippen LogP contribution >= 0.6 is 0 Å². The molecule has 0 bridgehead atoms. The molecule has 0 saturated carbocycles. The minimum Gasteiger partial charge on any atom is -0.334 e. The Balaban J connectivity index is 2.02. The molecule has 0 aromatic heterocycles. The van der Waals surface area contributed by atoms with Crippen molar-refractivity contribution in [3.8, 4) is 0 Å². The number of nitrogens with zero attached hydrogens (tertiary/aromatic N) is 1. The summed E-state index contributed by atoms with van der Waals surface area (Å²) < 4.78 is 13.5. The fourth-order valence-electron chi connectivity index (χ4n) is 1.96. The number of carbonyl (C=O) groups is 1. The highest BCUT2D eigenvalue weighted by atomic mass is 19.1. The molecular weight excluding hydrogens is 255 g/mol. The van der Waals surface area contributed by atoms with Gasteiger partial charge in [0.25, 0.3) is 0 Å². The van der Waals surface area contributed by atoms with Gasteiger partial charge in [0.15, 0.2) is 0 Å². The number of carbonyl (C=O) groups excluding carboxylic acids is 1. The molecule has 0 aliphatic rings. The maximum Gasteiger partial charge on any atom is 0.322 e. The number of nitrogens with one attached hydrogen (secondary N) is 1. The Morgan fingerprint density at radius 1 is 1.10 bits per heavy atom. The Morgan fingerprint density at radius 2 is 1.75 bits per heavy atom. The summed E-state index contributed by atoms with van der Waals surface area (Å²) in [5.41, 5.74) is 1.30. The zero-order valence-corrected chi connectivity index (χ0v) is 11.3. The van der Waals surface area contributed by atoms with Crippen molar-refractivity contribution in [2.24, 2.45) is 0 Å².